The molecule has 142 valence electrons. The van der Waals surface area contributed by atoms with Crippen molar-refractivity contribution in [2.45, 2.75) is 59.0 Å². The van der Waals surface area contributed by atoms with Crippen LogP contribution in [0.3, 0.4) is 0 Å². The summed E-state index contributed by atoms with van der Waals surface area (Å²) >= 11 is 0. The lowest BCUT2D eigenvalue weighted by molar-refractivity contribution is 0.596. The Morgan fingerprint density at radius 2 is 1.30 bits per heavy atom. The van der Waals surface area contributed by atoms with Crippen LogP contribution in [-0.4, -0.2) is 15.0 Å². The summed E-state index contributed by atoms with van der Waals surface area (Å²) in [5.74, 6) is 0. The minimum Gasteiger partial charge on any atom is -0.321 e. The number of hydrogen-bond donors (Lipinski definition) is 0. The Bertz CT molecular complexity index is 725. The van der Waals surface area contributed by atoms with Crippen molar-refractivity contribution < 1.29 is 0 Å². The lowest BCUT2D eigenvalue weighted by Gasteiger charge is -2.25. The smallest absolute Gasteiger partial charge is 0.118 e. The highest BCUT2D eigenvalue weighted by atomic mass is 15.5. The lowest BCUT2D eigenvalue weighted by Crippen LogP contribution is -2.21. The summed E-state index contributed by atoms with van der Waals surface area (Å²) in [5.41, 5.74) is 5.14. The van der Waals surface area contributed by atoms with Gasteiger partial charge in [0, 0.05) is 17.6 Å². The van der Waals surface area contributed by atoms with Crippen molar-refractivity contribution in [1.29, 1.82) is 0 Å². The highest BCUT2D eigenvalue weighted by Crippen LogP contribution is 2.27. The number of aryl methyl sites for hydroxylation is 2. The van der Waals surface area contributed by atoms with E-state index in [1.807, 2.05) is 10.9 Å². The first-order valence-electron chi connectivity index (χ1n) is 10.1. The van der Waals surface area contributed by atoms with E-state index >= 15 is 0 Å². The fourth-order valence-corrected chi connectivity index (χ4v) is 3.21. The van der Waals surface area contributed by atoms with Crippen molar-refractivity contribution in [2.24, 2.45) is 0 Å². The first-order chi connectivity index (χ1) is 13.3. The molecule has 1 aromatic heterocycles. The van der Waals surface area contributed by atoms with Gasteiger partial charge < -0.3 is 4.90 Å². The van der Waals surface area contributed by atoms with Crippen LogP contribution in [0.2, 0.25) is 0 Å². The fourth-order valence-electron chi connectivity index (χ4n) is 3.21. The maximum absolute atomic E-state index is 4.15. The highest BCUT2D eigenvalue weighted by molar-refractivity contribution is 5.63. The molecule has 0 aliphatic rings. The number of hydrogen-bond acceptors (Lipinski definition) is 3. The van der Waals surface area contributed by atoms with Gasteiger partial charge in [0.25, 0.3) is 0 Å². The zero-order chi connectivity index (χ0) is 18.9. The van der Waals surface area contributed by atoms with Crippen LogP contribution in [0.4, 0.5) is 11.4 Å². The summed E-state index contributed by atoms with van der Waals surface area (Å²) in [4.78, 5) is 2.28. The fraction of sp³-hybridized carbons (Fsp3) is 0.391. The van der Waals surface area contributed by atoms with Gasteiger partial charge in [0.1, 0.15) is 6.67 Å². The molecule has 0 radical (unpaired) electrons. The zero-order valence-electron chi connectivity index (χ0n) is 16.5. The first kappa shape index (κ1) is 19.2. The van der Waals surface area contributed by atoms with E-state index in [1.54, 1.807) is 6.20 Å². The normalized spacial score (nSPS) is 10.9. The van der Waals surface area contributed by atoms with E-state index in [4.69, 9.17) is 0 Å². The summed E-state index contributed by atoms with van der Waals surface area (Å²) in [5, 5.41) is 8.09. The molecule has 27 heavy (non-hydrogen) atoms. The van der Waals surface area contributed by atoms with Gasteiger partial charge in [0.2, 0.25) is 0 Å². The molecule has 0 atom stereocenters. The average Bonchev–Trinajstić information content (AvgIpc) is 3.23. The van der Waals surface area contributed by atoms with E-state index in [-0.39, 0.29) is 0 Å². The molecule has 0 aliphatic heterocycles. The second-order valence-corrected chi connectivity index (χ2v) is 7.05. The van der Waals surface area contributed by atoms with Crippen molar-refractivity contribution in [2.75, 3.05) is 4.90 Å². The van der Waals surface area contributed by atoms with Crippen molar-refractivity contribution >= 4 is 11.4 Å². The Hall–Kier alpha value is -2.62. The maximum Gasteiger partial charge on any atom is 0.118 e. The summed E-state index contributed by atoms with van der Waals surface area (Å²) in [6.07, 6.45) is 10.8. The maximum atomic E-state index is 4.15. The van der Waals surface area contributed by atoms with E-state index in [1.165, 1.54) is 48.2 Å². The largest absolute Gasteiger partial charge is 0.321 e. The second kappa shape index (κ2) is 9.91. The molecule has 0 N–H and O–H groups in total. The quantitative estimate of drug-likeness (QED) is 0.460. The standard InChI is InChI=1S/C23H30N4/c1-3-5-7-20-9-13-22(14-10-20)27(19-26-18-17-24-25-26)23-15-11-21(12-16-23)8-6-4-2/h9-18H,3-8,19H2,1-2H3. The molecule has 4 nitrogen and oxygen atoms in total. The minimum absolute atomic E-state index is 0.641. The topological polar surface area (TPSA) is 34.0 Å². The van der Waals surface area contributed by atoms with Crippen LogP contribution in [0.15, 0.2) is 60.9 Å². The third kappa shape index (κ3) is 5.43. The Morgan fingerprint density at radius 3 is 1.70 bits per heavy atom. The van der Waals surface area contributed by atoms with Gasteiger partial charge in [-0.05, 0) is 61.1 Å². The summed E-state index contributed by atoms with van der Waals surface area (Å²) < 4.78 is 1.86. The third-order valence-corrected chi connectivity index (χ3v) is 4.89. The molecule has 0 spiro atoms. The van der Waals surface area contributed by atoms with Crippen molar-refractivity contribution in [1.82, 2.24) is 15.0 Å². The number of rotatable bonds is 10. The molecule has 0 saturated heterocycles. The minimum atomic E-state index is 0.641. The van der Waals surface area contributed by atoms with E-state index in [0.717, 1.165) is 12.8 Å². The Labute approximate surface area is 162 Å². The van der Waals surface area contributed by atoms with Crippen molar-refractivity contribution in [3.05, 3.63) is 72.1 Å². The van der Waals surface area contributed by atoms with Crippen LogP contribution in [-0.2, 0) is 19.5 Å². The van der Waals surface area contributed by atoms with Crippen LogP contribution in [0.5, 0.6) is 0 Å². The Balaban J connectivity index is 1.82. The molecule has 0 bridgehead atoms. The summed E-state index contributed by atoms with van der Waals surface area (Å²) in [6, 6.07) is 17.8. The predicted molar refractivity (Wildman–Crippen MR) is 112 cm³/mol. The first-order valence-corrected chi connectivity index (χ1v) is 10.1. The van der Waals surface area contributed by atoms with E-state index < -0.39 is 0 Å². The van der Waals surface area contributed by atoms with Crippen molar-refractivity contribution in [3.8, 4) is 0 Å². The second-order valence-electron chi connectivity index (χ2n) is 7.05. The lowest BCUT2D eigenvalue weighted by atomic mass is 10.1. The molecule has 3 aromatic rings. The predicted octanol–water partition coefficient (Wildman–Crippen LogP) is 5.76. The van der Waals surface area contributed by atoms with Gasteiger partial charge in [0.15, 0.2) is 0 Å². The van der Waals surface area contributed by atoms with Gasteiger partial charge in [-0.3, -0.25) is 0 Å². The van der Waals surface area contributed by atoms with Crippen molar-refractivity contribution in [3.63, 3.8) is 0 Å². The molecular weight excluding hydrogens is 332 g/mol. The average molecular weight is 363 g/mol. The highest BCUT2D eigenvalue weighted by Gasteiger charge is 2.11. The van der Waals surface area contributed by atoms with E-state index in [9.17, 15) is 0 Å². The molecule has 0 unspecified atom stereocenters. The van der Waals surface area contributed by atoms with Gasteiger partial charge >= 0.3 is 0 Å². The van der Waals surface area contributed by atoms with Crippen LogP contribution in [0.25, 0.3) is 0 Å². The molecule has 3 rings (SSSR count). The van der Waals surface area contributed by atoms with E-state index in [0.29, 0.717) is 6.67 Å². The monoisotopic (exact) mass is 362 g/mol. The number of benzene rings is 2. The van der Waals surface area contributed by atoms with Crippen LogP contribution < -0.4 is 4.90 Å². The molecule has 0 saturated carbocycles. The number of aromatic nitrogens is 3. The number of unbranched alkanes of at least 4 members (excludes halogenated alkanes) is 2. The SMILES string of the molecule is CCCCc1ccc(N(Cn2ccnn2)c2ccc(CCCC)cc2)cc1. The number of anilines is 2. The van der Waals surface area contributed by atoms with Gasteiger partial charge in [-0.1, -0.05) is 56.2 Å². The molecular formula is C23H30N4. The van der Waals surface area contributed by atoms with Crippen LogP contribution in [0.1, 0.15) is 50.7 Å². The van der Waals surface area contributed by atoms with Gasteiger partial charge in [-0.2, -0.15) is 0 Å². The molecule has 4 heteroatoms. The number of nitrogens with zero attached hydrogens (tertiary/aromatic N) is 4. The van der Waals surface area contributed by atoms with Crippen LogP contribution >= 0.6 is 0 Å². The Morgan fingerprint density at radius 1 is 0.778 bits per heavy atom. The van der Waals surface area contributed by atoms with Gasteiger partial charge in [-0.25, -0.2) is 4.68 Å². The molecule has 0 amide bonds. The van der Waals surface area contributed by atoms with Gasteiger partial charge in [0.05, 0.1) is 6.20 Å². The molecule has 0 fully saturated rings. The van der Waals surface area contributed by atoms with Gasteiger partial charge in [-0.15, -0.1) is 5.10 Å². The Kier molecular flexibility index (Phi) is 7.03. The third-order valence-electron chi connectivity index (χ3n) is 4.89. The zero-order valence-corrected chi connectivity index (χ0v) is 16.5. The van der Waals surface area contributed by atoms with E-state index in [2.05, 4.69) is 77.6 Å². The molecule has 1 heterocycles. The summed E-state index contributed by atoms with van der Waals surface area (Å²) in [7, 11) is 0. The molecule has 2 aromatic carbocycles. The molecule has 0 aliphatic carbocycles. The van der Waals surface area contributed by atoms with Crippen LogP contribution in [0, 0.1) is 0 Å². The summed E-state index contributed by atoms with van der Waals surface area (Å²) in [6.45, 7) is 5.11.